The molecule has 1 saturated heterocycles. The Hall–Kier alpha value is -3.63. The van der Waals surface area contributed by atoms with Crippen molar-refractivity contribution in [1.29, 1.82) is 0 Å². The molecule has 2 atom stereocenters. The summed E-state index contributed by atoms with van der Waals surface area (Å²) in [6, 6.07) is 12.2. The number of β-amino-alcohol motifs (C(OH)–C–C–N with tert-alkyl or cyclic N) is 1. The zero-order valence-electron chi connectivity index (χ0n) is 22.2. The molecular formula is C28H35N3O7. The highest BCUT2D eigenvalue weighted by molar-refractivity contribution is 5.81. The second-order valence-electron chi connectivity index (χ2n) is 10.7. The van der Waals surface area contributed by atoms with Crippen LogP contribution in [0, 0.1) is 0 Å². The summed E-state index contributed by atoms with van der Waals surface area (Å²) in [7, 11) is 1.76. The molecule has 0 bridgehead atoms. The highest BCUT2D eigenvalue weighted by atomic mass is 16.6. The monoisotopic (exact) mass is 525 g/mol. The van der Waals surface area contributed by atoms with Gasteiger partial charge in [0.05, 0.1) is 24.1 Å². The van der Waals surface area contributed by atoms with Crippen molar-refractivity contribution < 1.29 is 28.6 Å². The molecule has 1 aliphatic rings. The third-order valence-electron chi connectivity index (χ3n) is 6.40. The first kappa shape index (κ1) is 27.4. The van der Waals surface area contributed by atoms with Crippen molar-refractivity contribution in [3.05, 3.63) is 64.1 Å². The van der Waals surface area contributed by atoms with E-state index in [4.69, 9.17) is 13.9 Å². The van der Waals surface area contributed by atoms with Gasteiger partial charge in [0.1, 0.15) is 11.4 Å². The lowest BCUT2D eigenvalue weighted by atomic mass is 10.0. The van der Waals surface area contributed by atoms with Gasteiger partial charge in [-0.3, -0.25) is 14.7 Å². The van der Waals surface area contributed by atoms with Crippen LogP contribution in [0.2, 0.25) is 0 Å². The average Bonchev–Trinajstić information content (AvgIpc) is 3.43. The fourth-order valence-electron chi connectivity index (χ4n) is 4.58. The van der Waals surface area contributed by atoms with Crippen molar-refractivity contribution in [3.63, 3.8) is 0 Å². The number of likely N-dealkylation sites (N-methyl/N-ethyl adjacent to an activating group) is 1. The number of rotatable bonds is 9. The van der Waals surface area contributed by atoms with Crippen LogP contribution in [0.5, 0.6) is 5.75 Å². The van der Waals surface area contributed by atoms with Gasteiger partial charge in [0.15, 0.2) is 12.2 Å². The zero-order valence-corrected chi connectivity index (χ0v) is 22.2. The van der Waals surface area contributed by atoms with E-state index in [0.717, 1.165) is 17.7 Å². The van der Waals surface area contributed by atoms with Crippen LogP contribution in [0.25, 0.3) is 11.1 Å². The van der Waals surface area contributed by atoms with Crippen molar-refractivity contribution in [3.8, 4) is 5.75 Å². The van der Waals surface area contributed by atoms with Crippen molar-refractivity contribution in [2.45, 2.75) is 51.4 Å². The summed E-state index contributed by atoms with van der Waals surface area (Å²) < 4.78 is 16.1. The van der Waals surface area contributed by atoms with Crippen molar-refractivity contribution >= 4 is 23.0 Å². The summed E-state index contributed by atoms with van der Waals surface area (Å²) in [6.45, 7) is 6.97. The molecule has 2 heterocycles. The molecule has 0 aliphatic carbocycles. The molecule has 2 N–H and O–H groups in total. The fourth-order valence-corrected chi connectivity index (χ4v) is 4.58. The van der Waals surface area contributed by atoms with Gasteiger partial charge >= 0.3 is 11.7 Å². The number of ether oxygens (including phenoxy) is 2. The van der Waals surface area contributed by atoms with Gasteiger partial charge in [-0.05, 0) is 62.6 Å². The fraction of sp³-hybridized carbons (Fsp3) is 0.464. The second kappa shape index (κ2) is 11.4. The Kier molecular flexibility index (Phi) is 8.23. The molecule has 3 aromatic rings. The van der Waals surface area contributed by atoms with Crippen LogP contribution in [-0.2, 0) is 20.7 Å². The number of carbonyl (C=O) groups is 2. The predicted molar refractivity (Wildman–Crippen MR) is 141 cm³/mol. The maximum atomic E-state index is 13.4. The van der Waals surface area contributed by atoms with Gasteiger partial charge in [-0.15, -0.1) is 0 Å². The molecule has 1 aliphatic heterocycles. The molecule has 1 fully saturated rings. The molecule has 10 heteroatoms. The van der Waals surface area contributed by atoms with E-state index < -0.39 is 17.3 Å². The number of aliphatic hydroxyl groups is 1. The van der Waals surface area contributed by atoms with E-state index >= 15 is 0 Å². The lowest BCUT2D eigenvalue weighted by Crippen LogP contribution is -2.39. The third-order valence-corrected chi connectivity index (χ3v) is 6.40. The van der Waals surface area contributed by atoms with Crippen molar-refractivity contribution in [1.82, 2.24) is 14.8 Å². The Morgan fingerprint density at radius 3 is 2.74 bits per heavy atom. The van der Waals surface area contributed by atoms with E-state index in [9.17, 15) is 19.5 Å². The highest BCUT2D eigenvalue weighted by Crippen LogP contribution is 2.27. The van der Waals surface area contributed by atoms with Crippen LogP contribution in [0.1, 0.15) is 44.4 Å². The number of oxazole rings is 1. The molecule has 0 spiro atoms. The first-order valence-corrected chi connectivity index (χ1v) is 12.7. The molecule has 10 nitrogen and oxygen atoms in total. The number of likely N-dealkylation sites (tertiary alicyclic amines) is 1. The molecule has 2 aromatic carbocycles. The molecule has 4 rings (SSSR count). The summed E-state index contributed by atoms with van der Waals surface area (Å²) in [6.07, 6.45) is 0.434. The number of hydrogen-bond acceptors (Lipinski definition) is 8. The van der Waals surface area contributed by atoms with Gasteiger partial charge < -0.3 is 23.9 Å². The molecule has 0 saturated carbocycles. The summed E-state index contributed by atoms with van der Waals surface area (Å²) in [5, 5.41) is 10.0. The van der Waals surface area contributed by atoms with Crippen LogP contribution in [0.4, 0.5) is 0 Å². The number of esters is 1. The maximum Gasteiger partial charge on any atom is 0.417 e. The largest absolute Gasteiger partial charge is 0.482 e. The van der Waals surface area contributed by atoms with Gasteiger partial charge in [-0.1, -0.05) is 18.2 Å². The van der Waals surface area contributed by atoms with E-state index in [1.807, 2.05) is 18.2 Å². The molecule has 204 valence electrons. The van der Waals surface area contributed by atoms with Gasteiger partial charge in [0, 0.05) is 26.7 Å². The topological polar surface area (TPSA) is 125 Å². The maximum absolute atomic E-state index is 13.4. The lowest BCUT2D eigenvalue weighted by Gasteiger charge is -2.32. The number of carbonyl (C=O) groups excluding carboxylic acids is 2. The molecule has 0 unspecified atom stereocenters. The van der Waals surface area contributed by atoms with Crippen molar-refractivity contribution in [2.75, 3.05) is 33.3 Å². The minimum atomic E-state index is -0.603. The third kappa shape index (κ3) is 7.23. The Labute approximate surface area is 221 Å². The van der Waals surface area contributed by atoms with Gasteiger partial charge in [0.25, 0.3) is 0 Å². The van der Waals surface area contributed by atoms with Crippen LogP contribution >= 0.6 is 0 Å². The molecule has 0 radical (unpaired) electrons. The Morgan fingerprint density at radius 2 is 2.03 bits per heavy atom. The molecule has 1 amide bonds. The number of aromatic amines is 1. The molecule has 1 aromatic heterocycles. The SMILES string of the molecule is CN(C(=O)Cc1ccc2oc(=O)[nH]c2c1)[C@H](CN1CC[C@H](O)C1)c1cccc(OCC(=O)OC(C)(C)C)c1. The van der Waals surface area contributed by atoms with Gasteiger partial charge in [0.2, 0.25) is 5.91 Å². The molecular weight excluding hydrogens is 490 g/mol. The number of amides is 1. The van der Waals surface area contributed by atoms with E-state index in [2.05, 4.69) is 9.88 Å². The Balaban J connectivity index is 1.51. The number of aliphatic hydroxyl groups excluding tert-OH is 1. The van der Waals surface area contributed by atoms with Gasteiger partial charge in [-0.25, -0.2) is 9.59 Å². The van der Waals surface area contributed by atoms with Crippen LogP contribution in [0.3, 0.4) is 0 Å². The van der Waals surface area contributed by atoms with Crippen molar-refractivity contribution in [2.24, 2.45) is 0 Å². The average molecular weight is 526 g/mol. The number of aromatic nitrogens is 1. The minimum Gasteiger partial charge on any atom is -0.482 e. The first-order chi connectivity index (χ1) is 18.0. The smallest absolute Gasteiger partial charge is 0.417 e. The summed E-state index contributed by atoms with van der Waals surface area (Å²) in [5.74, 6) is -0.619. The number of H-pyrrole nitrogens is 1. The van der Waals surface area contributed by atoms with Crippen LogP contribution in [0.15, 0.2) is 51.7 Å². The summed E-state index contributed by atoms with van der Waals surface area (Å²) in [4.78, 5) is 43.4. The highest BCUT2D eigenvalue weighted by Gasteiger charge is 2.28. The standard InChI is InChI=1S/C28H35N3O7/c1-28(2,3)38-26(34)17-36-21-7-5-6-19(14-21)23(16-31-11-10-20(32)15-31)30(4)25(33)13-18-8-9-24-22(12-18)29-27(35)37-24/h5-9,12,14,20,23,32H,10-11,13,15-17H2,1-4H3,(H,29,35)/t20-,23+/m0/s1. The van der Waals surface area contributed by atoms with Crippen LogP contribution < -0.4 is 10.5 Å². The number of nitrogens with zero attached hydrogens (tertiary/aromatic N) is 2. The summed E-state index contributed by atoms with van der Waals surface area (Å²) in [5.41, 5.74) is 1.97. The van der Waals surface area contributed by atoms with Crippen LogP contribution in [-0.4, -0.2) is 76.8 Å². The predicted octanol–water partition coefficient (Wildman–Crippen LogP) is 2.65. The van der Waals surface area contributed by atoms with Gasteiger partial charge in [-0.2, -0.15) is 0 Å². The Morgan fingerprint density at radius 1 is 1.24 bits per heavy atom. The quantitative estimate of drug-likeness (QED) is 0.409. The normalized spacial score (nSPS) is 16.9. The second-order valence-corrected chi connectivity index (χ2v) is 10.7. The minimum absolute atomic E-state index is 0.111. The lowest BCUT2D eigenvalue weighted by molar-refractivity contribution is -0.157. The molecule has 38 heavy (non-hydrogen) atoms. The van der Waals surface area contributed by atoms with E-state index in [1.165, 1.54) is 0 Å². The number of nitrogens with one attached hydrogen (secondary N) is 1. The van der Waals surface area contributed by atoms with E-state index in [1.54, 1.807) is 57.0 Å². The number of fused-ring (bicyclic) bond motifs is 1. The first-order valence-electron chi connectivity index (χ1n) is 12.7. The summed E-state index contributed by atoms with van der Waals surface area (Å²) >= 11 is 0. The zero-order chi connectivity index (χ0) is 27.4. The number of hydrogen-bond donors (Lipinski definition) is 2. The van der Waals surface area contributed by atoms with E-state index in [0.29, 0.717) is 36.4 Å². The number of benzene rings is 2. The van der Waals surface area contributed by atoms with E-state index in [-0.39, 0.29) is 31.1 Å². The Bertz CT molecular complexity index is 1340.